The van der Waals surface area contributed by atoms with Gasteiger partial charge in [0, 0.05) is 5.69 Å². The van der Waals surface area contributed by atoms with E-state index in [1.54, 1.807) is 0 Å². The lowest BCUT2D eigenvalue weighted by Gasteiger charge is -2.11. The Kier molecular flexibility index (Phi) is 3.59. The number of hydrogen-bond acceptors (Lipinski definition) is 1. The average Bonchev–Trinajstić information content (AvgIpc) is 2.20. The quantitative estimate of drug-likeness (QED) is 0.717. The summed E-state index contributed by atoms with van der Waals surface area (Å²) in [5.41, 5.74) is 3.82. The fraction of sp³-hybridized carbons (Fsp3) is 0.385. The zero-order valence-electron chi connectivity index (χ0n) is 9.09. The molecule has 1 N–H and O–H groups in total. The minimum absolute atomic E-state index is 0.0856. The van der Waals surface area contributed by atoms with Crippen LogP contribution in [0.2, 0.25) is 0 Å². The molecule has 1 aromatic rings. The maximum Gasteiger partial charge on any atom is 0.0845 e. The highest BCUT2D eigenvalue weighted by Crippen LogP contribution is 2.16. The van der Waals surface area contributed by atoms with E-state index >= 15 is 0 Å². The molecule has 0 radical (unpaired) electrons. The smallest absolute Gasteiger partial charge is 0.0845 e. The topological polar surface area (TPSA) is 12.0 Å². The predicted molar refractivity (Wildman–Crippen MR) is 62.5 cm³/mol. The maximum atomic E-state index is 5.31. The Hall–Kier alpha value is -1.42. The summed E-state index contributed by atoms with van der Waals surface area (Å²) >= 11 is 0. The van der Waals surface area contributed by atoms with Crippen molar-refractivity contribution in [3.05, 3.63) is 29.3 Å². The molecule has 0 fully saturated rings. The molecule has 0 aromatic heterocycles. The largest absolute Gasteiger partial charge is 0.372 e. The van der Waals surface area contributed by atoms with E-state index in [0.29, 0.717) is 0 Å². The molecule has 74 valence electrons. The third-order valence-electron chi connectivity index (χ3n) is 2.36. The van der Waals surface area contributed by atoms with Gasteiger partial charge in [-0.2, -0.15) is 0 Å². The highest BCUT2D eigenvalue weighted by atomic mass is 14.9. The van der Waals surface area contributed by atoms with Crippen molar-refractivity contribution in [2.24, 2.45) is 0 Å². The number of anilines is 1. The first kappa shape index (κ1) is 10.7. The molecule has 1 aromatic carbocycles. The van der Waals surface area contributed by atoms with Gasteiger partial charge in [0.25, 0.3) is 0 Å². The van der Waals surface area contributed by atoms with Crippen LogP contribution in [0.1, 0.15) is 25.0 Å². The summed E-state index contributed by atoms with van der Waals surface area (Å²) in [6, 6.07) is 6.46. The lowest BCUT2D eigenvalue weighted by molar-refractivity contribution is 1.03. The Bertz CT molecular complexity index is 347. The van der Waals surface area contributed by atoms with Crippen molar-refractivity contribution in [3.63, 3.8) is 0 Å². The average molecular weight is 187 g/mol. The number of rotatable bonds is 3. The molecule has 1 heteroatoms. The standard InChI is InChI=1S/C13H17N/c1-5-11(4)14-13-8-7-10(3)12(6-2)9-13/h1,7-9,11,14H,6H2,2-4H3. The van der Waals surface area contributed by atoms with E-state index in [1.165, 1.54) is 11.1 Å². The molecule has 0 aliphatic rings. The highest BCUT2D eigenvalue weighted by Gasteiger charge is 2.00. The van der Waals surface area contributed by atoms with Crippen molar-refractivity contribution in [2.75, 3.05) is 5.32 Å². The summed E-state index contributed by atoms with van der Waals surface area (Å²) < 4.78 is 0. The van der Waals surface area contributed by atoms with Crippen molar-refractivity contribution in [1.29, 1.82) is 0 Å². The van der Waals surface area contributed by atoms with Crippen molar-refractivity contribution >= 4 is 5.69 Å². The van der Waals surface area contributed by atoms with Gasteiger partial charge in [-0.3, -0.25) is 0 Å². The first-order valence-electron chi connectivity index (χ1n) is 4.99. The predicted octanol–water partition coefficient (Wildman–Crippen LogP) is 2.99. The van der Waals surface area contributed by atoms with Gasteiger partial charge in [0.2, 0.25) is 0 Å². The zero-order chi connectivity index (χ0) is 10.6. The number of terminal acetylenes is 1. The van der Waals surface area contributed by atoms with Crippen LogP contribution in [-0.4, -0.2) is 6.04 Å². The van der Waals surface area contributed by atoms with E-state index in [4.69, 9.17) is 6.42 Å². The van der Waals surface area contributed by atoms with Gasteiger partial charge >= 0.3 is 0 Å². The minimum Gasteiger partial charge on any atom is -0.372 e. The van der Waals surface area contributed by atoms with Crippen molar-refractivity contribution in [3.8, 4) is 12.3 Å². The van der Waals surface area contributed by atoms with Crippen LogP contribution in [0.5, 0.6) is 0 Å². The third-order valence-corrected chi connectivity index (χ3v) is 2.36. The summed E-state index contributed by atoms with van der Waals surface area (Å²) in [6.45, 7) is 6.27. The molecule has 1 unspecified atom stereocenters. The maximum absolute atomic E-state index is 5.31. The number of hydrogen-bond donors (Lipinski definition) is 1. The van der Waals surface area contributed by atoms with Crippen molar-refractivity contribution < 1.29 is 0 Å². The molecule has 0 heterocycles. The van der Waals surface area contributed by atoms with Crippen LogP contribution in [0.3, 0.4) is 0 Å². The molecular formula is C13H17N. The number of nitrogens with one attached hydrogen (secondary N) is 1. The minimum atomic E-state index is 0.0856. The number of aryl methyl sites for hydroxylation is 2. The van der Waals surface area contributed by atoms with Gasteiger partial charge in [0.05, 0.1) is 6.04 Å². The first-order valence-corrected chi connectivity index (χ1v) is 4.99. The van der Waals surface area contributed by atoms with Gasteiger partial charge in [-0.15, -0.1) is 6.42 Å². The Morgan fingerprint density at radius 1 is 1.50 bits per heavy atom. The highest BCUT2D eigenvalue weighted by molar-refractivity contribution is 5.50. The normalized spacial score (nSPS) is 11.9. The second kappa shape index (κ2) is 4.72. The molecule has 0 aliphatic carbocycles. The second-order valence-electron chi connectivity index (χ2n) is 3.53. The van der Waals surface area contributed by atoms with E-state index in [9.17, 15) is 0 Å². The molecule has 1 rings (SSSR count). The van der Waals surface area contributed by atoms with E-state index in [0.717, 1.165) is 12.1 Å². The monoisotopic (exact) mass is 187 g/mol. The van der Waals surface area contributed by atoms with Gasteiger partial charge in [-0.25, -0.2) is 0 Å². The van der Waals surface area contributed by atoms with Crippen LogP contribution < -0.4 is 5.32 Å². The third kappa shape index (κ3) is 2.53. The van der Waals surface area contributed by atoms with Crippen molar-refractivity contribution in [1.82, 2.24) is 0 Å². The van der Waals surface area contributed by atoms with Gasteiger partial charge < -0.3 is 5.32 Å². The molecular weight excluding hydrogens is 170 g/mol. The van der Waals surface area contributed by atoms with Gasteiger partial charge in [-0.05, 0) is 43.5 Å². The molecule has 14 heavy (non-hydrogen) atoms. The van der Waals surface area contributed by atoms with Gasteiger partial charge in [0.15, 0.2) is 0 Å². The fourth-order valence-corrected chi connectivity index (χ4v) is 1.43. The second-order valence-corrected chi connectivity index (χ2v) is 3.53. The molecule has 0 aliphatic heterocycles. The van der Waals surface area contributed by atoms with Crippen LogP contribution in [0.15, 0.2) is 18.2 Å². The molecule has 1 nitrogen and oxygen atoms in total. The van der Waals surface area contributed by atoms with Gasteiger partial charge in [0.1, 0.15) is 0 Å². The first-order chi connectivity index (χ1) is 6.67. The molecule has 1 atom stereocenters. The van der Waals surface area contributed by atoms with E-state index < -0.39 is 0 Å². The number of benzene rings is 1. The summed E-state index contributed by atoms with van der Waals surface area (Å²) in [5, 5.41) is 3.26. The Morgan fingerprint density at radius 2 is 2.21 bits per heavy atom. The van der Waals surface area contributed by atoms with E-state index in [2.05, 4.69) is 43.3 Å². The Labute approximate surface area is 86.5 Å². The van der Waals surface area contributed by atoms with Crippen molar-refractivity contribution in [2.45, 2.75) is 33.2 Å². The summed E-state index contributed by atoms with van der Waals surface area (Å²) in [6.07, 6.45) is 6.37. The van der Waals surface area contributed by atoms with Crippen LogP contribution in [0.25, 0.3) is 0 Å². The fourth-order valence-electron chi connectivity index (χ4n) is 1.43. The van der Waals surface area contributed by atoms with Gasteiger partial charge in [-0.1, -0.05) is 18.9 Å². The molecule has 0 saturated carbocycles. The molecule has 0 bridgehead atoms. The van der Waals surface area contributed by atoms with E-state index in [1.807, 2.05) is 6.92 Å². The van der Waals surface area contributed by atoms with Crippen LogP contribution >= 0.6 is 0 Å². The summed E-state index contributed by atoms with van der Waals surface area (Å²) in [4.78, 5) is 0. The lowest BCUT2D eigenvalue weighted by Crippen LogP contribution is -2.12. The van der Waals surface area contributed by atoms with Crippen LogP contribution in [0.4, 0.5) is 5.69 Å². The lowest BCUT2D eigenvalue weighted by atomic mass is 10.1. The van der Waals surface area contributed by atoms with Crippen LogP contribution in [0, 0.1) is 19.3 Å². The summed E-state index contributed by atoms with van der Waals surface area (Å²) in [7, 11) is 0. The molecule has 0 amide bonds. The molecule has 0 spiro atoms. The van der Waals surface area contributed by atoms with E-state index in [-0.39, 0.29) is 6.04 Å². The Morgan fingerprint density at radius 3 is 2.79 bits per heavy atom. The SMILES string of the molecule is C#CC(C)Nc1ccc(C)c(CC)c1. The molecule has 0 saturated heterocycles. The Balaban J connectivity index is 2.85. The summed E-state index contributed by atoms with van der Waals surface area (Å²) in [5.74, 6) is 2.65. The zero-order valence-corrected chi connectivity index (χ0v) is 9.09. The van der Waals surface area contributed by atoms with Crippen LogP contribution in [-0.2, 0) is 6.42 Å².